The fourth-order valence-electron chi connectivity index (χ4n) is 1.67. The number of aromatic nitrogens is 2. The topological polar surface area (TPSA) is 48.2 Å². The molecule has 2 rings (SSSR count). The molecule has 0 atom stereocenters. The molecule has 0 amide bonds. The Morgan fingerprint density at radius 2 is 2.11 bits per heavy atom. The van der Waals surface area contributed by atoms with E-state index in [0.717, 1.165) is 24.2 Å². The van der Waals surface area contributed by atoms with Crippen molar-refractivity contribution < 1.29 is 9.26 Å². The molecule has 0 unspecified atom stereocenters. The van der Waals surface area contributed by atoms with Gasteiger partial charge >= 0.3 is 0 Å². The Morgan fingerprint density at radius 1 is 1.28 bits per heavy atom. The fourth-order valence-corrected chi connectivity index (χ4v) is 1.67. The average molecular weight is 246 g/mol. The maximum atomic E-state index is 5.71. The molecule has 0 bridgehead atoms. The maximum absolute atomic E-state index is 5.71. The third-order valence-electron chi connectivity index (χ3n) is 2.67. The zero-order valence-corrected chi connectivity index (χ0v) is 11.1. The second-order valence-corrected chi connectivity index (χ2v) is 4.41. The summed E-state index contributed by atoms with van der Waals surface area (Å²) in [6.07, 6.45) is 1.82. The van der Waals surface area contributed by atoms with Gasteiger partial charge in [-0.25, -0.2) is 0 Å². The van der Waals surface area contributed by atoms with Crippen LogP contribution >= 0.6 is 0 Å². The van der Waals surface area contributed by atoms with Gasteiger partial charge in [0.2, 0.25) is 11.7 Å². The average Bonchev–Trinajstić information content (AvgIpc) is 2.79. The number of rotatable bonds is 5. The molecule has 1 aromatic heterocycles. The Morgan fingerprint density at radius 3 is 2.89 bits per heavy atom. The van der Waals surface area contributed by atoms with Crippen LogP contribution in [0.2, 0.25) is 0 Å². The molecule has 0 saturated carbocycles. The monoisotopic (exact) mass is 246 g/mol. The van der Waals surface area contributed by atoms with E-state index < -0.39 is 0 Å². The summed E-state index contributed by atoms with van der Waals surface area (Å²) in [4.78, 5) is 4.26. The summed E-state index contributed by atoms with van der Waals surface area (Å²) in [5, 5.41) is 3.89. The van der Waals surface area contributed by atoms with Crippen molar-refractivity contribution in [2.24, 2.45) is 0 Å². The van der Waals surface area contributed by atoms with E-state index >= 15 is 0 Å². The first kappa shape index (κ1) is 12.6. The lowest BCUT2D eigenvalue weighted by molar-refractivity contribution is 0.283. The number of hydrogen-bond donors (Lipinski definition) is 0. The molecule has 4 nitrogen and oxygen atoms in total. The van der Waals surface area contributed by atoms with Crippen LogP contribution < -0.4 is 4.74 Å². The number of nitrogens with zero attached hydrogens (tertiary/aromatic N) is 2. The van der Waals surface area contributed by atoms with E-state index in [-0.39, 0.29) is 0 Å². The number of hydrogen-bond acceptors (Lipinski definition) is 4. The number of benzene rings is 1. The van der Waals surface area contributed by atoms with Crippen molar-refractivity contribution in [1.29, 1.82) is 0 Å². The van der Waals surface area contributed by atoms with Crippen LogP contribution in [0.3, 0.4) is 0 Å². The van der Waals surface area contributed by atoms with Gasteiger partial charge in [-0.15, -0.1) is 0 Å². The lowest BCUT2D eigenvalue weighted by Gasteiger charge is -2.07. The smallest absolute Gasteiger partial charge is 0.226 e. The second-order valence-electron chi connectivity index (χ2n) is 4.41. The Labute approximate surface area is 107 Å². The first-order valence-electron chi connectivity index (χ1n) is 6.20. The summed E-state index contributed by atoms with van der Waals surface area (Å²) >= 11 is 0. The van der Waals surface area contributed by atoms with Crippen molar-refractivity contribution in [2.75, 3.05) is 0 Å². The molecular formula is C14H18N2O2. The van der Waals surface area contributed by atoms with Gasteiger partial charge in [0.05, 0.1) is 0 Å². The lowest BCUT2D eigenvalue weighted by Crippen LogP contribution is -1.99. The van der Waals surface area contributed by atoms with Crippen LogP contribution in [0.25, 0.3) is 0 Å². The number of ether oxygens (including phenoxy) is 1. The highest BCUT2D eigenvalue weighted by Crippen LogP contribution is 2.20. The van der Waals surface area contributed by atoms with E-state index in [2.05, 4.69) is 23.1 Å². The summed E-state index contributed by atoms with van der Waals surface area (Å²) in [6, 6.07) is 6.13. The van der Waals surface area contributed by atoms with E-state index in [0.29, 0.717) is 18.3 Å². The van der Waals surface area contributed by atoms with Crippen LogP contribution in [0, 0.1) is 13.8 Å². The third-order valence-corrected chi connectivity index (χ3v) is 2.67. The predicted octanol–water partition coefficient (Wildman–Crippen LogP) is 3.22. The van der Waals surface area contributed by atoms with E-state index in [1.165, 1.54) is 5.56 Å². The van der Waals surface area contributed by atoms with Crippen LogP contribution in [-0.4, -0.2) is 10.1 Å². The van der Waals surface area contributed by atoms with E-state index in [1.807, 2.05) is 26.0 Å². The van der Waals surface area contributed by atoms with Crippen molar-refractivity contribution >= 4 is 0 Å². The minimum absolute atomic E-state index is 0.345. The maximum Gasteiger partial charge on any atom is 0.226 e. The molecule has 0 aliphatic heterocycles. The summed E-state index contributed by atoms with van der Waals surface area (Å²) in [5.41, 5.74) is 2.29. The van der Waals surface area contributed by atoms with Gasteiger partial charge in [-0.3, -0.25) is 0 Å². The first-order chi connectivity index (χ1) is 8.69. The lowest BCUT2D eigenvalue weighted by atomic mass is 10.1. The molecule has 2 aromatic rings. The van der Waals surface area contributed by atoms with Gasteiger partial charge in [0, 0.05) is 6.42 Å². The standard InChI is InChI=1S/C14H18N2O2/c1-4-5-14-15-13(16-18-14)9-17-12-8-10(2)6-7-11(12)3/h6-8H,4-5,9H2,1-3H3. The van der Waals surface area contributed by atoms with Crippen LogP contribution in [0.5, 0.6) is 5.75 Å². The van der Waals surface area contributed by atoms with Crippen LogP contribution in [-0.2, 0) is 13.0 Å². The van der Waals surface area contributed by atoms with Gasteiger partial charge in [0.25, 0.3) is 0 Å². The predicted molar refractivity (Wildman–Crippen MR) is 68.5 cm³/mol. The number of aryl methyl sites for hydroxylation is 3. The molecule has 0 saturated heterocycles. The molecule has 0 aliphatic carbocycles. The SMILES string of the molecule is CCCc1nc(COc2cc(C)ccc2C)no1. The summed E-state index contributed by atoms with van der Waals surface area (Å²) < 4.78 is 10.8. The van der Waals surface area contributed by atoms with Gasteiger partial charge in [-0.1, -0.05) is 24.2 Å². The van der Waals surface area contributed by atoms with Gasteiger partial charge in [-0.2, -0.15) is 4.98 Å². The molecule has 0 radical (unpaired) electrons. The Hall–Kier alpha value is -1.84. The van der Waals surface area contributed by atoms with Crippen molar-refractivity contribution in [1.82, 2.24) is 10.1 Å². The van der Waals surface area contributed by atoms with E-state index in [1.54, 1.807) is 0 Å². The van der Waals surface area contributed by atoms with E-state index in [4.69, 9.17) is 9.26 Å². The van der Waals surface area contributed by atoms with Gasteiger partial charge in [0.15, 0.2) is 6.61 Å². The minimum Gasteiger partial charge on any atom is -0.485 e. The molecule has 4 heteroatoms. The first-order valence-corrected chi connectivity index (χ1v) is 6.20. The van der Waals surface area contributed by atoms with Crippen molar-refractivity contribution in [3.8, 4) is 5.75 Å². The molecule has 1 heterocycles. The molecule has 0 spiro atoms. The molecule has 0 aliphatic rings. The molecule has 0 N–H and O–H groups in total. The highest BCUT2D eigenvalue weighted by Gasteiger charge is 2.07. The van der Waals surface area contributed by atoms with Gasteiger partial charge < -0.3 is 9.26 Å². The van der Waals surface area contributed by atoms with Crippen LogP contribution in [0.1, 0.15) is 36.2 Å². The summed E-state index contributed by atoms with van der Waals surface area (Å²) in [5.74, 6) is 2.15. The molecule has 18 heavy (non-hydrogen) atoms. The van der Waals surface area contributed by atoms with Crippen molar-refractivity contribution in [3.05, 3.63) is 41.0 Å². The fraction of sp³-hybridized carbons (Fsp3) is 0.429. The Kier molecular flexibility index (Phi) is 3.97. The Balaban J connectivity index is 1.99. The van der Waals surface area contributed by atoms with Crippen LogP contribution in [0.15, 0.2) is 22.7 Å². The van der Waals surface area contributed by atoms with Crippen LogP contribution in [0.4, 0.5) is 0 Å². The van der Waals surface area contributed by atoms with Gasteiger partial charge in [0.1, 0.15) is 5.75 Å². The Bertz CT molecular complexity index is 520. The molecule has 96 valence electrons. The highest BCUT2D eigenvalue weighted by molar-refractivity contribution is 5.35. The largest absolute Gasteiger partial charge is 0.485 e. The molecule has 1 aromatic carbocycles. The molecular weight excluding hydrogens is 228 g/mol. The quantitative estimate of drug-likeness (QED) is 0.812. The zero-order chi connectivity index (χ0) is 13.0. The van der Waals surface area contributed by atoms with Crippen molar-refractivity contribution in [3.63, 3.8) is 0 Å². The van der Waals surface area contributed by atoms with Gasteiger partial charge in [-0.05, 0) is 37.5 Å². The highest BCUT2D eigenvalue weighted by atomic mass is 16.5. The second kappa shape index (κ2) is 5.67. The summed E-state index contributed by atoms with van der Waals surface area (Å²) in [7, 11) is 0. The normalized spacial score (nSPS) is 10.6. The summed E-state index contributed by atoms with van der Waals surface area (Å²) in [6.45, 7) is 6.49. The zero-order valence-electron chi connectivity index (χ0n) is 11.1. The van der Waals surface area contributed by atoms with Crippen molar-refractivity contribution in [2.45, 2.75) is 40.2 Å². The molecule has 0 fully saturated rings. The third kappa shape index (κ3) is 3.09. The minimum atomic E-state index is 0.345. The van der Waals surface area contributed by atoms with E-state index in [9.17, 15) is 0 Å².